The summed E-state index contributed by atoms with van der Waals surface area (Å²) in [5, 5.41) is 10.8. The highest BCUT2D eigenvalue weighted by atomic mass is 35.5. The first-order chi connectivity index (χ1) is 11.1. The van der Waals surface area contributed by atoms with Crippen LogP contribution in [0.4, 0.5) is 0 Å². The molecule has 2 heterocycles. The molecule has 0 radical (unpaired) electrons. The Morgan fingerprint density at radius 1 is 1.17 bits per heavy atom. The van der Waals surface area contributed by atoms with Crippen molar-refractivity contribution in [3.05, 3.63) is 75.0 Å². The van der Waals surface area contributed by atoms with Gasteiger partial charge in [0.2, 0.25) is 10.8 Å². The summed E-state index contributed by atoms with van der Waals surface area (Å²) in [6.45, 7) is 0. The van der Waals surface area contributed by atoms with Crippen molar-refractivity contribution >= 4 is 38.1 Å². The Morgan fingerprint density at radius 2 is 1.96 bits per heavy atom. The molecule has 0 saturated heterocycles. The van der Waals surface area contributed by atoms with E-state index in [0.29, 0.717) is 22.0 Å². The summed E-state index contributed by atoms with van der Waals surface area (Å²) in [4.78, 5) is 17.5. The Labute approximate surface area is 140 Å². The molecule has 2 aromatic carbocycles. The minimum absolute atomic E-state index is 0.212. The Bertz CT molecular complexity index is 1090. The number of aromatic hydroxyl groups is 1. The first-order valence-electron chi connectivity index (χ1n) is 7.00. The molecular weight excluding hydrogens is 332 g/mol. The van der Waals surface area contributed by atoms with Crippen molar-refractivity contribution in [2.75, 3.05) is 0 Å². The molecule has 0 amide bonds. The normalized spacial score (nSPS) is 11.3. The highest BCUT2D eigenvalue weighted by Crippen LogP contribution is 2.28. The molecule has 23 heavy (non-hydrogen) atoms. The van der Waals surface area contributed by atoms with E-state index in [1.54, 1.807) is 18.2 Å². The van der Waals surface area contributed by atoms with Crippen LogP contribution in [0.5, 0.6) is 5.88 Å². The lowest BCUT2D eigenvalue weighted by molar-refractivity contribution is 0.447. The molecular formula is C17H11ClN2O2S. The summed E-state index contributed by atoms with van der Waals surface area (Å²) in [5.41, 5.74) is 1.75. The molecule has 2 aromatic heterocycles. The van der Waals surface area contributed by atoms with Gasteiger partial charge in [0.15, 0.2) is 0 Å². The van der Waals surface area contributed by atoms with Crippen LogP contribution in [0.15, 0.2) is 53.3 Å². The van der Waals surface area contributed by atoms with E-state index in [0.717, 1.165) is 15.8 Å². The SMILES string of the molecule is O=c1c(Cc2ccccc2)c(O)nc2sc3cc(Cl)ccc3n12. The molecule has 0 fully saturated rings. The maximum atomic E-state index is 12.9. The second kappa shape index (κ2) is 5.37. The summed E-state index contributed by atoms with van der Waals surface area (Å²) in [5.74, 6) is -0.212. The molecule has 0 aliphatic rings. The van der Waals surface area contributed by atoms with Crippen molar-refractivity contribution in [3.8, 4) is 5.88 Å². The second-order valence-corrected chi connectivity index (χ2v) is 6.66. The maximum absolute atomic E-state index is 12.9. The fourth-order valence-corrected chi connectivity index (χ4v) is 3.90. The number of aromatic nitrogens is 2. The van der Waals surface area contributed by atoms with Crippen molar-refractivity contribution in [2.45, 2.75) is 6.42 Å². The van der Waals surface area contributed by atoms with Gasteiger partial charge in [-0.15, -0.1) is 0 Å². The monoisotopic (exact) mass is 342 g/mol. The highest BCUT2D eigenvalue weighted by molar-refractivity contribution is 7.23. The van der Waals surface area contributed by atoms with E-state index in [-0.39, 0.29) is 11.4 Å². The number of thiazole rings is 1. The van der Waals surface area contributed by atoms with E-state index in [1.807, 2.05) is 30.3 Å². The van der Waals surface area contributed by atoms with Gasteiger partial charge in [-0.25, -0.2) is 0 Å². The average molecular weight is 343 g/mol. The number of hydrogen-bond acceptors (Lipinski definition) is 4. The van der Waals surface area contributed by atoms with Gasteiger partial charge in [-0.05, 0) is 23.8 Å². The Balaban J connectivity index is 1.98. The van der Waals surface area contributed by atoms with Crippen LogP contribution in [0, 0.1) is 0 Å². The zero-order valence-corrected chi connectivity index (χ0v) is 13.4. The number of rotatable bonds is 2. The lowest BCUT2D eigenvalue weighted by Crippen LogP contribution is -2.19. The van der Waals surface area contributed by atoms with Gasteiger partial charge in [0.05, 0.1) is 15.8 Å². The highest BCUT2D eigenvalue weighted by Gasteiger charge is 2.16. The van der Waals surface area contributed by atoms with Gasteiger partial charge in [0, 0.05) is 11.4 Å². The fraction of sp³-hybridized carbons (Fsp3) is 0.0588. The third-order valence-electron chi connectivity index (χ3n) is 3.71. The second-order valence-electron chi connectivity index (χ2n) is 5.21. The van der Waals surface area contributed by atoms with Gasteiger partial charge in [-0.3, -0.25) is 9.20 Å². The molecule has 0 aliphatic heterocycles. The summed E-state index contributed by atoms with van der Waals surface area (Å²) < 4.78 is 2.40. The first kappa shape index (κ1) is 14.2. The predicted molar refractivity (Wildman–Crippen MR) is 92.8 cm³/mol. The van der Waals surface area contributed by atoms with Gasteiger partial charge in [0.25, 0.3) is 5.56 Å². The molecule has 4 nitrogen and oxygen atoms in total. The first-order valence-corrected chi connectivity index (χ1v) is 8.19. The lowest BCUT2D eigenvalue weighted by Gasteiger charge is -2.04. The average Bonchev–Trinajstić information content (AvgIpc) is 2.89. The van der Waals surface area contributed by atoms with Crippen LogP contribution in [-0.4, -0.2) is 14.5 Å². The number of benzene rings is 2. The van der Waals surface area contributed by atoms with Crippen molar-refractivity contribution in [2.24, 2.45) is 0 Å². The smallest absolute Gasteiger partial charge is 0.266 e. The van der Waals surface area contributed by atoms with Gasteiger partial charge < -0.3 is 5.11 Å². The van der Waals surface area contributed by atoms with Gasteiger partial charge in [-0.1, -0.05) is 53.3 Å². The molecule has 114 valence electrons. The topological polar surface area (TPSA) is 54.6 Å². The predicted octanol–water partition coefficient (Wildman–Crippen LogP) is 3.86. The third-order valence-corrected chi connectivity index (χ3v) is 4.95. The van der Waals surface area contributed by atoms with Crippen LogP contribution >= 0.6 is 22.9 Å². The van der Waals surface area contributed by atoms with E-state index in [9.17, 15) is 9.90 Å². The maximum Gasteiger partial charge on any atom is 0.266 e. The number of halogens is 1. The largest absolute Gasteiger partial charge is 0.493 e. The minimum atomic E-state index is -0.245. The number of nitrogens with zero attached hydrogens (tertiary/aromatic N) is 2. The van der Waals surface area contributed by atoms with Crippen LogP contribution in [0.3, 0.4) is 0 Å². The molecule has 0 aliphatic carbocycles. The fourth-order valence-electron chi connectivity index (χ4n) is 2.61. The summed E-state index contributed by atoms with van der Waals surface area (Å²) in [7, 11) is 0. The van der Waals surface area contributed by atoms with Crippen LogP contribution in [-0.2, 0) is 6.42 Å². The molecule has 0 saturated carbocycles. The quantitative estimate of drug-likeness (QED) is 0.602. The van der Waals surface area contributed by atoms with E-state index in [1.165, 1.54) is 15.7 Å². The third kappa shape index (κ3) is 2.38. The van der Waals surface area contributed by atoms with Crippen LogP contribution in [0.2, 0.25) is 5.02 Å². The van der Waals surface area contributed by atoms with E-state index >= 15 is 0 Å². The molecule has 0 atom stereocenters. The zero-order chi connectivity index (χ0) is 16.0. The summed E-state index contributed by atoms with van der Waals surface area (Å²) >= 11 is 7.33. The van der Waals surface area contributed by atoms with Crippen molar-refractivity contribution < 1.29 is 5.11 Å². The molecule has 6 heteroatoms. The molecule has 4 rings (SSSR count). The minimum Gasteiger partial charge on any atom is -0.493 e. The van der Waals surface area contributed by atoms with Gasteiger partial charge in [0.1, 0.15) is 0 Å². The number of hydrogen-bond donors (Lipinski definition) is 1. The van der Waals surface area contributed by atoms with Crippen LogP contribution < -0.4 is 5.56 Å². The Kier molecular flexibility index (Phi) is 3.32. The zero-order valence-electron chi connectivity index (χ0n) is 11.9. The number of fused-ring (bicyclic) bond motifs is 3. The molecule has 0 bridgehead atoms. The van der Waals surface area contributed by atoms with Crippen molar-refractivity contribution in [3.63, 3.8) is 0 Å². The lowest BCUT2D eigenvalue weighted by atomic mass is 10.1. The van der Waals surface area contributed by atoms with Crippen LogP contribution in [0.25, 0.3) is 15.2 Å². The van der Waals surface area contributed by atoms with E-state index < -0.39 is 0 Å². The summed E-state index contributed by atoms with van der Waals surface area (Å²) in [6.07, 6.45) is 0.340. The van der Waals surface area contributed by atoms with E-state index in [2.05, 4.69) is 4.98 Å². The van der Waals surface area contributed by atoms with Crippen molar-refractivity contribution in [1.82, 2.24) is 9.38 Å². The standard InChI is InChI=1S/C17H11ClN2O2S/c18-11-6-7-13-14(9-11)23-17-19-15(21)12(16(22)20(13)17)8-10-4-2-1-3-5-10/h1-7,9,21H,8H2. The Hall–Kier alpha value is -2.37. The van der Waals surface area contributed by atoms with E-state index in [4.69, 9.17) is 11.6 Å². The molecule has 0 unspecified atom stereocenters. The Morgan fingerprint density at radius 3 is 2.74 bits per heavy atom. The van der Waals surface area contributed by atoms with Gasteiger partial charge >= 0.3 is 0 Å². The van der Waals surface area contributed by atoms with Crippen molar-refractivity contribution in [1.29, 1.82) is 0 Å². The molecule has 4 aromatic rings. The summed E-state index contributed by atoms with van der Waals surface area (Å²) in [6, 6.07) is 14.9. The molecule has 1 N–H and O–H groups in total. The van der Waals surface area contributed by atoms with Crippen LogP contribution in [0.1, 0.15) is 11.1 Å². The molecule has 0 spiro atoms. The van der Waals surface area contributed by atoms with Gasteiger partial charge in [-0.2, -0.15) is 4.98 Å².